The van der Waals surface area contributed by atoms with Crippen molar-refractivity contribution in [3.63, 3.8) is 0 Å². The predicted molar refractivity (Wildman–Crippen MR) is 59.1 cm³/mol. The molecule has 3 fully saturated rings. The lowest BCUT2D eigenvalue weighted by Gasteiger charge is -2.34. The second kappa shape index (κ2) is 3.52. The highest BCUT2D eigenvalue weighted by atomic mass is 14.9. The van der Waals surface area contributed by atoms with Crippen molar-refractivity contribution in [2.24, 2.45) is 23.7 Å². The Morgan fingerprint density at radius 2 is 1.64 bits per heavy atom. The summed E-state index contributed by atoms with van der Waals surface area (Å²) in [6.45, 7) is 3.71. The summed E-state index contributed by atoms with van der Waals surface area (Å²) in [7, 11) is 0. The van der Waals surface area contributed by atoms with E-state index < -0.39 is 0 Å². The maximum absolute atomic E-state index is 3.79. The molecule has 0 saturated heterocycles. The van der Waals surface area contributed by atoms with Crippen molar-refractivity contribution in [1.29, 1.82) is 0 Å². The number of rotatable bonds is 5. The van der Waals surface area contributed by atoms with Gasteiger partial charge in [-0.05, 0) is 68.7 Å². The van der Waals surface area contributed by atoms with Crippen LogP contribution in [0.25, 0.3) is 0 Å². The van der Waals surface area contributed by atoms with Gasteiger partial charge in [0, 0.05) is 6.04 Å². The molecule has 0 spiro atoms. The first-order valence-corrected chi connectivity index (χ1v) is 6.56. The minimum atomic E-state index is 0.880. The van der Waals surface area contributed by atoms with Crippen molar-refractivity contribution < 1.29 is 0 Å². The van der Waals surface area contributed by atoms with Gasteiger partial charge in [0.05, 0.1) is 0 Å². The van der Waals surface area contributed by atoms with Crippen molar-refractivity contribution in [3.8, 4) is 0 Å². The van der Waals surface area contributed by atoms with E-state index in [2.05, 4.69) is 12.2 Å². The molecule has 1 N–H and O–H groups in total. The maximum Gasteiger partial charge on any atom is 0.00722 e. The van der Waals surface area contributed by atoms with Crippen LogP contribution in [0.2, 0.25) is 0 Å². The van der Waals surface area contributed by atoms with Crippen LogP contribution in [0.1, 0.15) is 45.4 Å². The van der Waals surface area contributed by atoms with E-state index in [0.29, 0.717) is 0 Å². The van der Waals surface area contributed by atoms with Crippen molar-refractivity contribution in [2.45, 2.75) is 51.5 Å². The number of hydrogen-bond acceptors (Lipinski definition) is 1. The summed E-state index contributed by atoms with van der Waals surface area (Å²) < 4.78 is 0. The van der Waals surface area contributed by atoms with E-state index in [0.717, 1.165) is 29.7 Å². The molecule has 0 aromatic carbocycles. The molecule has 0 aromatic rings. The predicted octanol–water partition coefficient (Wildman–Crippen LogP) is 2.81. The Morgan fingerprint density at radius 3 is 2.07 bits per heavy atom. The summed E-state index contributed by atoms with van der Waals surface area (Å²) in [6, 6.07) is 0.880. The summed E-state index contributed by atoms with van der Waals surface area (Å²) in [5, 5.41) is 3.79. The van der Waals surface area contributed by atoms with Crippen molar-refractivity contribution in [3.05, 3.63) is 0 Å². The molecule has 1 nitrogen and oxygen atoms in total. The van der Waals surface area contributed by atoms with Gasteiger partial charge in [0.2, 0.25) is 0 Å². The molecule has 80 valence electrons. The Bertz CT molecular complexity index is 187. The zero-order chi connectivity index (χ0) is 9.54. The standard InChI is InChI=1S/C13H23N/c1-9-6-12(7-9)14-8-13(10-2-3-10)11-4-5-11/h9-14H,2-8H2,1H3. The lowest BCUT2D eigenvalue weighted by Crippen LogP contribution is -2.42. The first-order valence-electron chi connectivity index (χ1n) is 6.56. The average Bonchev–Trinajstić information content (AvgIpc) is 2.96. The number of nitrogens with one attached hydrogen (secondary N) is 1. The van der Waals surface area contributed by atoms with E-state index in [1.165, 1.54) is 45.1 Å². The third kappa shape index (κ3) is 1.98. The van der Waals surface area contributed by atoms with Crippen molar-refractivity contribution in [2.75, 3.05) is 6.54 Å². The lowest BCUT2D eigenvalue weighted by molar-refractivity contribution is 0.222. The fourth-order valence-corrected chi connectivity index (χ4v) is 3.14. The third-order valence-electron chi connectivity index (χ3n) is 4.47. The summed E-state index contributed by atoms with van der Waals surface area (Å²) >= 11 is 0. The lowest BCUT2D eigenvalue weighted by atomic mass is 9.81. The fraction of sp³-hybridized carbons (Fsp3) is 1.00. The molecule has 3 saturated carbocycles. The minimum Gasteiger partial charge on any atom is -0.314 e. The molecule has 0 bridgehead atoms. The van der Waals surface area contributed by atoms with Gasteiger partial charge in [0.25, 0.3) is 0 Å². The second-order valence-corrected chi connectivity index (χ2v) is 6.02. The van der Waals surface area contributed by atoms with Crippen LogP contribution in [0.5, 0.6) is 0 Å². The summed E-state index contributed by atoms with van der Waals surface area (Å²) in [4.78, 5) is 0. The van der Waals surface area contributed by atoms with Crippen LogP contribution in [0.4, 0.5) is 0 Å². The van der Waals surface area contributed by atoms with Gasteiger partial charge < -0.3 is 5.32 Å². The first-order chi connectivity index (χ1) is 6.83. The van der Waals surface area contributed by atoms with Crippen molar-refractivity contribution >= 4 is 0 Å². The molecule has 0 unspecified atom stereocenters. The molecule has 0 radical (unpaired) electrons. The highest BCUT2D eigenvalue weighted by Crippen LogP contribution is 2.49. The van der Waals surface area contributed by atoms with Crippen LogP contribution in [-0.2, 0) is 0 Å². The highest BCUT2D eigenvalue weighted by molar-refractivity contribution is 4.93. The van der Waals surface area contributed by atoms with Crippen LogP contribution in [0, 0.1) is 23.7 Å². The van der Waals surface area contributed by atoms with Gasteiger partial charge in [-0.2, -0.15) is 0 Å². The zero-order valence-electron chi connectivity index (χ0n) is 9.34. The Hall–Kier alpha value is -0.0400. The maximum atomic E-state index is 3.79. The molecule has 3 rings (SSSR count). The molecular formula is C13H23N. The van der Waals surface area contributed by atoms with Crippen LogP contribution < -0.4 is 5.32 Å². The quantitative estimate of drug-likeness (QED) is 0.708. The Kier molecular flexibility index (Phi) is 2.31. The Labute approximate surface area is 87.7 Å². The van der Waals surface area contributed by atoms with E-state index >= 15 is 0 Å². The van der Waals surface area contributed by atoms with Gasteiger partial charge in [0.15, 0.2) is 0 Å². The van der Waals surface area contributed by atoms with Gasteiger partial charge in [0.1, 0.15) is 0 Å². The molecule has 0 atom stereocenters. The molecule has 0 aliphatic heterocycles. The van der Waals surface area contributed by atoms with Gasteiger partial charge in [-0.1, -0.05) is 6.92 Å². The van der Waals surface area contributed by atoms with E-state index in [9.17, 15) is 0 Å². The summed E-state index contributed by atoms with van der Waals surface area (Å²) in [6.07, 6.45) is 8.99. The summed E-state index contributed by atoms with van der Waals surface area (Å²) in [5.41, 5.74) is 0. The molecule has 3 aliphatic rings. The monoisotopic (exact) mass is 193 g/mol. The average molecular weight is 193 g/mol. The van der Waals surface area contributed by atoms with Crippen LogP contribution in [0.3, 0.4) is 0 Å². The van der Waals surface area contributed by atoms with Crippen molar-refractivity contribution in [1.82, 2.24) is 5.32 Å². The highest BCUT2D eigenvalue weighted by Gasteiger charge is 2.41. The summed E-state index contributed by atoms with van der Waals surface area (Å²) in [5.74, 6) is 4.29. The van der Waals surface area contributed by atoms with Gasteiger partial charge >= 0.3 is 0 Å². The van der Waals surface area contributed by atoms with Gasteiger partial charge in [-0.15, -0.1) is 0 Å². The molecular weight excluding hydrogens is 170 g/mol. The van der Waals surface area contributed by atoms with E-state index in [4.69, 9.17) is 0 Å². The molecule has 14 heavy (non-hydrogen) atoms. The third-order valence-corrected chi connectivity index (χ3v) is 4.47. The molecule has 0 aromatic heterocycles. The van der Waals surface area contributed by atoms with Gasteiger partial charge in [-0.25, -0.2) is 0 Å². The van der Waals surface area contributed by atoms with Gasteiger partial charge in [-0.3, -0.25) is 0 Å². The fourth-order valence-electron chi connectivity index (χ4n) is 3.14. The molecule has 1 heteroatoms. The number of hydrogen-bond donors (Lipinski definition) is 1. The van der Waals surface area contributed by atoms with E-state index in [-0.39, 0.29) is 0 Å². The normalized spacial score (nSPS) is 37.3. The first kappa shape index (κ1) is 9.21. The Balaban J connectivity index is 1.41. The second-order valence-electron chi connectivity index (χ2n) is 6.02. The molecule has 3 aliphatic carbocycles. The molecule has 0 amide bonds. The largest absolute Gasteiger partial charge is 0.314 e. The molecule has 0 heterocycles. The smallest absolute Gasteiger partial charge is 0.00722 e. The van der Waals surface area contributed by atoms with Crippen LogP contribution in [0.15, 0.2) is 0 Å². The zero-order valence-corrected chi connectivity index (χ0v) is 9.34. The van der Waals surface area contributed by atoms with E-state index in [1.54, 1.807) is 0 Å². The topological polar surface area (TPSA) is 12.0 Å². The minimum absolute atomic E-state index is 0.880. The Morgan fingerprint density at radius 1 is 1.07 bits per heavy atom. The van der Waals surface area contributed by atoms with Crippen LogP contribution in [-0.4, -0.2) is 12.6 Å². The van der Waals surface area contributed by atoms with E-state index in [1.807, 2.05) is 0 Å². The SMILES string of the molecule is CC1CC(NCC(C2CC2)C2CC2)C1. The van der Waals surface area contributed by atoms with Crippen LogP contribution >= 0.6 is 0 Å².